The number of fused-ring (bicyclic) bond motifs is 1. The van der Waals surface area contributed by atoms with Crippen LogP contribution in [0.25, 0.3) is 5.65 Å². The summed E-state index contributed by atoms with van der Waals surface area (Å²) in [5, 5.41) is 9.41. The van der Waals surface area contributed by atoms with E-state index in [1.807, 2.05) is 0 Å². The summed E-state index contributed by atoms with van der Waals surface area (Å²) in [7, 11) is -3.01. The van der Waals surface area contributed by atoms with E-state index in [0.29, 0.717) is 18.7 Å². The van der Waals surface area contributed by atoms with Crippen molar-refractivity contribution in [1.29, 1.82) is 0 Å². The van der Waals surface area contributed by atoms with E-state index in [0.717, 1.165) is 12.8 Å². The summed E-state index contributed by atoms with van der Waals surface area (Å²) in [5.74, 6) is -0.632. The number of hydrogen-bond acceptors (Lipinski definition) is 8. The van der Waals surface area contributed by atoms with Crippen molar-refractivity contribution in [2.24, 2.45) is 5.92 Å². The van der Waals surface area contributed by atoms with Crippen LogP contribution in [0.3, 0.4) is 0 Å². The molecule has 2 aliphatic rings. The van der Waals surface area contributed by atoms with Gasteiger partial charge in [-0.15, -0.1) is 5.10 Å². The molecule has 2 amide bonds. The molecule has 0 spiro atoms. The van der Waals surface area contributed by atoms with Gasteiger partial charge in [-0.1, -0.05) is 6.07 Å². The number of aromatic nitrogens is 3. The van der Waals surface area contributed by atoms with E-state index in [-0.39, 0.29) is 59.8 Å². The minimum atomic E-state index is -3.01. The van der Waals surface area contributed by atoms with Crippen LogP contribution in [0.1, 0.15) is 23.3 Å². The van der Waals surface area contributed by atoms with Crippen LogP contribution in [-0.4, -0.2) is 83.2 Å². The summed E-state index contributed by atoms with van der Waals surface area (Å²) in [6.07, 6.45) is 1.71. The summed E-state index contributed by atoms with van der Waals surface area (Å²) in [6, 6.07) is 4.89. The molecule has 2 aromatic heterocycles. The number of Topliss-reactive ketones (excluding diaryl/α,β-unsaturated/α-hetero) is 1. The number of pyridine rings is 1. The van der Waals surface area contributed by atoms with Crippen LogP contribution in [-0.2, 0) is 19.4 Å². The van der Waals surface area contributed by atoms with E-state index in [2.05, 4.69) is 20.7 Å². The highest BCUT2D eigenvalue weighted by Gasteiger charge is 2.30. The highest BCUT2D eigenvalue weighted by atomic mass is 32.2. The van der Waals surface area contributed by atoms with Gasteiger partial charge in [0.25, 0.3) is 0 Å². The van der Waals surface area contributed by atoms with Gasteiger partial charge in [-0.3, -0.25) is 24.6 Å². The molecule has 2 aromatic rings. The normalized spacial score (nSPS) is 18.8. The molecule has 0 aromatic carbocycles. The number of anilines is 1. The maximum Gasteiger partial charge on any atom is 0.249 e. The standard InChI is InChI=1S/C18H22N6O5S/c25-14(10-19-16(26)11-23-6-8-30(28,29)9-7-23)13-2-1-3-15-20-18(22-24(13)15)21-17(27)12-4-5-12/h1-3,12H,4-11H2,(H,19,26)(H,21,22,27). The van der Waals surface area contributed by atoms with Gasteiger partial charge >= 0.3 is 0 Å². The lowest BCUT2D eigenvalue weighted by Crippen LogP contribution is -2.46. The van der Waals surface area contributed by atoms with Crippen LogP contribution in [0, 0.1) is 5.92 Å². The molecule has 4 rings (SSSR count). The van der Waals surface area contributed by atoms with Crippen LogP contribution in [0.15, 0.2) is 18.2 Å². The molecule has 0 bridgehead atoms. The van der Waals surface area contributed by atoms with Crippen molar-refractivity contribution in [3.05, 3.63) is 23.9 Å². The molecule has 2 fully saturated rings. The Morgan fingerprint density at radius 1 is 1.13 bits per heavy atom. The predicted octanol–water partition coefficient (Wildman–Crippen LogP) is -0.893. The molecule has 1 saturated heterocycles. The van der Waals surface area contributed by atoms with E-state index in [1.54, 1.807) is 23.1 Å². The fraction of sp³-hybridized carbons (Fsp3) is 0.500. The highest BCUT2D eigenvalue weighted by Crippen LogP contribution is 2.29. The first-order chi connectivity index (χ1) is 14.3. The van der Waals surface area contributed by atoms with Crippen molar-refractivity contribution in [3.8, 4) is 0 Å². The first-order valence-corrected chi connectivity index (χ1v) is 11.5. The van der Waals surface area contributed by atoms with Crippen LogP contribution >= 0.6 is 0 Å². The lowest BCUT2D eigenvalue weighted by atomic mass is 10.2. The molecule has 1 aliphatic carbocycles. The van der Waals surface area contributed by atoms with Gasteiger partial charge in [0.15, 0.2) is 21.3 Å². The summed E-state index contributed by atoms with van der Waals surface area (Å²) in [5.41, 5.74) is 0.643. The number of nitrogens with zero attached hydrogens (tertiary/aromatic N) is 4. The first kappa shape index (κ1) is 20.4. The Kier molecular flexibility index (Phi) is 5.52. The van der Waals surface area contributed by atoms with Crippen LogP contribution in [0.4, 0.5) is 5.95 Å². The lowest BCUT2D eigenvalue weighted by molar-refractivity contribution is -0.122. The topological polar surface area (TPSA) is 143 Å². The molecule has 12 heteroatoms. The fourth-order valence-corrected chi connectivity index (χ4v) is 4.44. The molecular weight excluding hydrogens is 412 g/mol. The molecule has 0 unspecified atom stereocenters. The average Bonchev–Trinajstić information content (AvgIpc) is 3.47. The Bertz CT molecular complexity index is 1090. The van der Waals surface area contributed by atoms with Crippen LogP contribution in [0.2, 0.25) is 0 Å². The number of carbonyl (C=O) groups is 3. The Hall–Kier alpha value is -2.86. The maximum atomic E-state index is 12.6. The lowest BCUT2D eigenvalue weighted by Gasteiger charge is -2.25. The van der Waals surface area contributed by atoms with E-state index < -0.39 is 9.84 Å². The third kappa shape index (κ3) is 4.82. The van der Waals surface area contributed by atoms with Crippen molar-refractivity contribution in [2.75, 3.05) is 43.0 Å². The van der Waals surface area contributed by atoms with Crippen molar-refractivity contribution in [3.63, 3.8) is 0 Å². The second kappa shape index (κ2) is 8.11. The first-order valence-electron chi connectivity index (χ1n) is 9.70. The number of hydrogen-bond donors (Lipinski definition) is 2. The minimum absolute atomic E-state index is 0.00735. The number of nitrogens with one attached hydrogen (secondary N) is 2. The zero-order valence-electron chi connectivity index (χ0n) is 16.2. The van der Waals surface area contributed by atoms with E-state index >= 15 is 0 Å². The van der Waals surface area contributed by atoms with Gasteiger partial charge in [0.05, 0.1) is 24.6 Å². The molecule has 2 N–H and O–H groups in total. The number of sulfone groups is 1. The molecule has 11 nitrogen and oxygen atoms in total. The second-order valence-corrected chi connectivity index (χ2v) is 9.81. The molecule has 1 aliphatic heterocycles. The number of amides is 2. The Balaban J connectivity index is 1.35. The Morgan fingerprint density at radius 2 is 1.87 bits per heavy atom. The zero-order chi connectivity index (χ0) is 21.3. The third-order valence-electron chi connectivity index (χ3n) is 5.08. The molecule has 3 heterocycles. The van der Waals surface area contributed by atoms with Crippen molar-refractivity contribution in [1.82, 2.24) is 24.8 Å². The van der Waals surface area contributed by atoms with Crippen molar-refractivity contribution >= 4 is 39.0 Å². The quantitative estimate of drug-likeness (QED) is 0.534. The number of ketones is 1. The van der Waals surface area contributed by atoms with Gasteiger partial charge in [-0.05, 0) is 25.0 Å². The van der Waals surface area contributed by atoms with Crippen molar-refractivity contribution < 1.29 is 22.8 Å². The largest absolute Gasteiger partial charge is 0.347 e. The SMILES string of the molecule is O=C(CN1CCS(=O)(=O)CC1)NCC(=O)c1cccc2nc(NC(=O)C3CC3)nn12. The minimum Gasteiger partial charge on any atom is -0.347 e. The van der Waals surface area contributed by atoms with E-state index in [1.165, 1.54) is 4.52 Å². The molecule has 30 heavy (non-hydrogen) atoms. The molecule has 1 saturated carbocycles. The fourth-order valence-electron chi connectivity index (χ4n) is 3.16. The average molecular weight is 434 g/mol. The van der Waals surface area contributed by atoms with E-state index in [4.69, 9.17) is 0 Å². The van der Waals surface area contributed by atoms with Gasteiger partial charge in [-0.25, -0.2) is 12.9 Å². The highest BCUT2D eigenvalue weighted by molar-refractivity contribution is 7.91. The van der Waals surface area contributed by atoms with Crippen molar-refractivity contribution in [2.45, 2.75) is 12.8 Å². The predicted molar refractivity (Wildman–Crippen MR) is 107 cm³/mol. The summed E-state index contributed by atoms with van der Waals surface area (Å²) >= 11 is 0. The van der Waals surface area contributed by atoms with Crippen LogP contribution < -0.4 is 10.6 Å². The van der Waals surface area contributed by atoms with E-state index in [9.17, 15) is 22.8 Å². The second-order valence-electron chi connectivity index (χ2n) is 7.51. The smallest absolute Gasteiger partial charge is 0.249 e. The van der Waals surface area contributed by atoms with Gasteiger partial charge in [-0.2, -0.15) is 4.98 Å². The van der Waals surface area contributed by atoms with Crippen LogP contribution in [0.5, 0.6) is 0 Å². The van der Waals surface area contributed by atoms with Gasteiger partial charge in [0.2, 0.25) is 17.8 Å². The molecule has 0 radical (unpaired) electrons. The maximum absolute atomic E-state index is 12.6. The number of rotatable bonds is 7. The zero-order valence-corrected chi connectivity index (χ0v) is 17.0. The Morgan fingerprint density at radius 3 is 2.57 bits per heavy atom. The molecule has 0 atom stereocenters. The monoisotopic (exact) mass is 434 g/mol. The molecular formula is C18H22N6O5S. The van der Waals surface area contributed by atoms with Gasteiger partial charge < -0.3 is 5.32 Å². The third-order valence-corrected chi connectivity index (χ3v) is 6.69. The van der Waals surface area contributed by atoms with Gasteiger partial charge in [0, 0.05) is 19.0 Å². The molecule has 160 valence electrons. The number of carbonyl (C=O) groups excluding carboxylic acids is 3. The summed E-state index contributed by atoms with van der Waals surface area (Å²) in [4.78, 5) is 42.6. The summed E-state index contributed by atoms with van der Waals surface area (Å²) in [6.45, 7) is 0.413. The Labute approximate surface area is 172 Å². The summed E-state index contributed by atoms with van der Waals surface area (Å²) < 4.78 is 24.2. The van der Waals surface area contributed by atoms with Gasteiger partial charge in [0.1, 0.15) is 5.69 Å².